The number of anilines is 1. The number of carbonyl (C=O) groups is 1. The van der Waals surface area contributed by atoms with Gasteiger partial charge in [0.25, 0.3) is 5.91 Å². The summed E-state index contributed by atoms with van der Waals surface area (Å²) in [5.74, 6) is 0.845. The highest BCUT2D eigenvalue weighted by molar-refractivity contribution is 6.30. The molecule has 0 atom stereocenters. The smallest absolute Gasteiger partial charge is 0.262 e. The fourth-order valence-electron chi connectivity index (χ4n) is 3.26. The molecule has 0 aliphatic carbocycles. The van der Waals surface area contributed by atoms with Crippen LogP contribution in [-0.2, 0) is 4.79 Å². The van der Waals surface area contributed by atoms with E-state index in [-0.39, 0.29) is 12.5 Å². The van der Waals surface area contributed by atoms with Gasteiger partial charge in [0.05, 0.1) is 0 Å². The lowest BCUT2D eigenvalue weighted by atomic mass is 10.1. The minimum atomic E-state index is -0.255. The van der Waals surface area contributed by atoms with Gasteiger partial charge in [0.15, 0.2) is 12.2 Å². The molecule has 0 spiro atoms. The van der Waals surface area contributed by atoms with E-state index in [4.69, 9.17) is 20.8 Å². The lowest BCUT2D eigenvalue weighted by molar-refractivity contribution is -0.118. The van der Waals surface area contributed by atoms with E-state index in [2.05, 4.69) is 16.4 Å². The minimum Gasteiger partial charge on any atom is -0.484 e. The van der Waals surface area contributed by atoms with Crippen LogP contribution in [-0.4, -0.2) is 17.5 Å². The summed E-state index contributed by atoms with van der Waals surface area (Å²) in [6, 6.07) is 16.7. The van der Waals surface area contributed by atoms with Gasteiger partial charge in [-0.15, -0.1) is 0 Å². The number of amides is 1. The summed E-state index contributed by atoms with van der Waals surface area (Å²) in [6.07, 6.45) is 0. The van der Waals surface area contributed by atoms with Crippen molar-refractivity contribution in [3.8, 4) is 17.2 Å². The molecule has 5 nitrogen and oxygen atoms in total. The Labute approximate surface area is 179 Å². The minimum absolute atomic E-state index is 0.105. The maximum Gasteiger partial charge on any atom is 0.262 e. The number of nitrogens with zero attached hydrogens (tertiary/aromatic N) is 1. The number of rotatable bonds is 5. The summed E-state index contributed by atoms with van der Waals surface area (Å²) in [5, 5.41) is 3.51. The zero-order valence-electron chi connectivity index (χ0n) is 17.0. The van der Waals surface area contributed by atoms with Gasteiger partial charge in [-0.25, -0.2) is 4.98 Å². The van der Waals surface area contributed by atoms with Crippen LogP contribution >= 0.6 is 11.6 Å². The van der Waals surface area contributed by atoms with Crippen molar-refractivity contribution in [2.24, 2.45) is 0 Å². The first-order valence-corrected chi connectivity index (χ1v) is 9.94. The van der Waals surface area contributed by atoms with Gasteiger partial charge in [0.2, 0.25) is 5.89 Å². The molecule has 0 bridgehead atoms. The Morgan fingerprint density at radius 1 is 1.03 bits per heavy atom. The van der Waals surface area contributed by atoms with Crippen LogP contribution in [0.25, 0.3) is 22.6 Å². The zero-order chi connectivity index (χ0) is 21.3. The molecule has 30 heavy (non-hydrogen) atoms. The number of hydrogen-bond acceptors (Lipinski definition) is 4. The van der Waals surface area contributed by atoms with E-state index >= 15 is 0 Å². The average molecular weight is 421 g/mol. The summed E-state index contributed by atoms with van der Waals surface area (Å²) < 4.78 is 11.5. The number of hydrogen-bond donors (Lipinski definition) is 1. The molecule has 0 radical (unpaired) electrons. The summed E-state index contributed by atoms with van der Waals surface area (Å²) in [5.41, 5.74) is 6.20. The number of halogens is 1. The highest BCUT2D eigenvalue weighted by Gasteiger charge is 2.13. The normalized spacial score (nSPS) is 10.9. The summed E-state index contributed by atoms with van der Waals surface area (Å²) in [4.78, 5) is 17.0. The van der Waals surface area contributed by atoms with Gasteiger partial charge in [-0.1, -0.05) is 23.7 Å². The molecule has 0 fully saturated rings. The van der Waals surface area contributed by atoms with Crippen molar-refractivity contribution in [3.63, 3.8) is 0 Å². The maximum absolute atomic E-state index is 12.4. The largest absolute Gasteiger partial charge is 0.484 e. The van der Waals surface area contributed by atoms with Crippen LogP contribution in [0.3, 0.4) is 0 Å². The van der Waals surface area contributed by atoms with E-state index in [1.807, 2.05) is 45.0 Å². The fourth-order valence-corrected chi connectivity index (χ4v) is 3.38. The second kappa shape index (κ2) is 8.20. The molecular weight excluding hydrogens is 400 g/mol. The molecule has 4 rings (SSSR count). The van der Waals surface area contributed by atoms with Crippen molar-refractivity contribution in [3.05, 3.63) is 76.3 Å². The van der Waals surface area contributed by atoms with E-state index in [9.17, 15) is 4.79 Å². The molecular formula is C24H21ClN2O3. The van der Waals surface area contributed by atoms with E-state index in [1.54, 1.807) is 24.3 Å². The second-order valence-electron chi connectivity index (χ2n) is 7.27. The van der Waals surface area contributed by atoms with Crippen LogP contribution in [0.15, 0.2) is 59.0 Å². The fraction of sp³-hybridized carbons (Fsp3) is 0.167. The summed E-state index contributed by atoms with van der Waals surface area (Å²) >= 11 is 5.86. The van der Waals surface area contributed by atoms with Crippen LogP contribution in [0.4, 0.5) is 5.69 Å². The average Bonchev–Trinajstić information content (AvgIpc) is 3.13. The molecule has 0 unspecified atom stereocenters. The zero-order valence-corrected chi connectivity index (χ0v) is 17.7. The third-order valence-electron chi connectivity index (χ3n) is 4.76. The molecule has 3 aromatic carbocycles. The lowest BCUT2D eigenvalue weighted by Crippen LogP contribution is -2.20. The standard InChI is InChI=1S/C24H21ClN2O3/c1-14-10-16(3)23-21(11-14)27-24(30-23)17-5-4-15(2)20(12-17)26-22(28)13-29-19-8-6-18(25)7-9-19/h4-12H,13H2,1-3H3,(H,26,28). The number of fused-ring (bicyclic) bond motifs is 1. The third-order valence-corrected chi connectivity index (χ3v) is 5.01. The molecule has 152 valence electrons. The quantitative estimate of drug-likeness (QED) is 0.424. The van der Waals surface area contributed by atoms with Crippen LogP contribution in [0.2, 0.25) is 5.02 Å². The first-order chi connectivity index (χ1) is 14.4. The number of ether oxygens (including phenoxy) is 1. The van der Waals surface area contributed by atoms with Crippen LogP contribution in [0.5, 0.6) is 5.75 Å². The molecule has 0 saturated heterocycles. The first-order valence-electron chi connectivity index (χ1n) is 9.56. The molecule has 0 saturated carbocycles. The summed E-state index contributed by atoms with van der Waals surface area (Å²) in [6.45, 7) is 5.86. The SMILES string of the molecule is Cc1cc(C)c2oc(-c3ccc(C)c(NC(=O)COc4ccc(Cl)cc4)c3)nc2c1. The van der Waals surface area contributed by atoms with E-state index < -0.39 is 0 Å². The Bertz CT molecular complexity index is 1230. The molecule has 0 aliphatic rings. The maximum atomic E-state index is 12.4. The van der Waals surface area contributed by atoms with Crippen molar-refractivity contribution in [2.75, 3.05) is 11.9 Å². The van der Waals surface area contributed by atoms with Crippen molar-refractivity contribution in [1.29, 1.82) is 0 Å². The van der Waals surface area contributed by atoms with Crippen molar-refractivity contribution in [2.45, 2.75) is 20.8 Å². The molecule has 1 N–H and O–H groups in total. The highest BCUT2D eigenvalue weighted by atomic mass is 35.5. The van der Waals surface area contributed by atoms with Crippen molar-refractivity contribution < 1.29 is 13.9 Å². The molecule has 1 amide bonds. The number of carbonyl (C=O) groups excluding carboxylic acids is 1. The van der Waals surface area contributed by atoms with Gasteiger partial charge in [0.1, 0.15) is 11.3 Å². The Hall–Kier alpha value is -3.31. The predicted molar refractivity (Wildman–Crippen MR) is 119 cm³/mol. The second-order valence-corrected chi connectivity index (χ2v) is 7.71. The Balaban J connectivity index is 1.52. The van der Waals surface area contributed by atoms with Crippen LogP contribution in [0.1, 0.15) is 16.7 Å². The number of aromatic nitrogens is 1. The lowest BCUT2D eigenvalue weighted by Gasteiger charge is -2.10. The molecule has 6 heteroatoms. The number of oxazole rings is 1. The van der Waals surface area contributed by atoms with E-state index in [0.29, 0.717) is 22.4 Å². The number of benzene rings is 3. The monoisotopic (exact) mass is 420 g/mol. The Morgan fingerprint density at radius 2 is 1.80 bits per heavy atom. The molecule has 4 aromatic rings. The van der Waals surface area contributed by atoms with Gasteiger partial charge in [-0.05, 0) is 79.9 Å². The number of aryl methyl sites for hydroxylation is 3. The van der Waals surface area contributed by atoms with Crippen LogP contribution in [0, 0.1) is 20.8 Å². The van der Waals surface area contributed by atoms with Gasteiger partial charge in [-0.2, -0.15) is 0 Å². The van der Waals surface area contributed by atoms with E-state index in [1.165, 1.54) is 0 Å². The van der Waals surface area contributed by atoms with Crippen molar-refractivity contribution >= 4 is 34.3 Å². The Kier molecular flexibility index (Phi) is 5.46. The van der Waals surface area contributed by atoms with Crippen LogP contribution < -0.4 is 10.1 Å². The predicted octanol–water partition coefficient (Wildman–Crippen LogP) is 6.09. The first kappa shape index (κ1) is 20.0. The van der Waals surface area contributed by atoms with E-state index in [0.717, 1.165) is 33.4 Å². The topological polar surface area (TPSA) is 64.4 Å². The summed E-state index contributed by atoms with van der Waals surface area (Å²) in [7, 11) is 0. The van der Waals surface area contributed by atoms with Gasteiger partial charge < -0.3 is 14.5 Å². The third kappa shape index (κ3) is 4.31. The number of nitrogens with one attached hydrogen (secondary N) is 1. The van der Waals surface area contributed by atoms with Gasteiger partial charge in [0, 0.05) is 16.3 Å². The van der Waals surface area contributed by atoms with Gasteiger partial charge >= 0.3 is 0 Å². The molecule has 0 aliphatic heterocycles. The molecule has 1 heterocycles. The van der Waals surface area contributed by atoms with Gasteiger partial charge in [-0.3, -0.25) is 4.79 Å². The highest BCUT2D eigenvalue weighted by Crippen LogP contribution is 2.30. The van der Waals surface area contributed by atoms with Crippen molar-refractivity contribution in [1.82, 2.24) is 4.98 Å². The molecule has 1 aromatic heterocycles. The Morgan fingerprint density at radius 3 is 2.57 bits per heavy atom.